The maximum absolute atomic E-state index is 12.3. The molecule has 0 radical (unpaired) electrons. The highest BCUT2D eigenvalue weighted by Crippen LogP contribution is 2.15. The quantitative estimate of drug-likeness (QED) is 0.489. The summed E-state index contributed by atoms with van der Waals surface area (Å²) in [5.74, 6) is 0.128. The first-order valence-electron chi connectivity index (χ1n) is 10.2. The Kier molecular flexibility index (Phi) is 7.34. The predicted molar refractivity (Wildman–Crippen MR) is 117 cm³/mol. The van der Waals surface area contributed by atoms with E-state index in [1.807, 2.05) is 78.9 Å². The second kappa shape index (κ2) is 10.4. The van der Waals surface area contributed by atoms with Gasteiger partial charge in [-0.05, 0) is 47.7 Å². The van der Waals surface area contributed by atoms with E-state index < -0.39 is 0 Å². The number of hydrogen-bond donors (Lipinski definition) is 1. The Hall–Kier alpha value is -3.20. The first-order valence-corrected chi connectivity index (χ1v) is 10.2. The van der Waals surface area contributed by atoms with Gasteiger partial charge < -0.3 is 5.32 Å². The third-order valence-corrected chi connectivity index (χ3v) is 4.93. The molecule has 3 heteroatoms. The minimum Gasteiger partial charge on any atom is -0.348 e. The molecule has 0 unspecified atom stereocenters. The maximum atomic E-state index is 12.3. The van der Waals surface area contributed by atoms with Gasteiger partial charge in [0.25, 0.3) is 5.91 Å². The lowest BCUT2D eigenvalue weighted by Crippen LogP contribution is -2.22. The van der Waals surface area contributed by atoms with Gasteiger partial charge >= 0.3 is 0 Å². The van der Waals surface area contributed by atoms with Crippen molar-refractivity contribution in [2.75, 3.05) is 0 Å². The normalized spacial score (nSPS) is 10.5. The average molecular weight is 386 g/mol. The smallest absolute Gasteiger partial charge is 0.251 e. The Morgan fingerprint density at radius 3 is 2.21 bits per heavy atom. The van der Waals surface area contributed by atoms with Crippen LogP contribution in [0.2, 0.25) is 0 Å². The summed E-state index contributed by atoms with van der Waals surface area (Å²) in [4.78, 5) is 24.6. The largest absolute Gasteiger partial charge is 0.348 e. The molecule has 0 aliphatic rings. The highest BCUT2D eigenvalue weighted by Gasteiger charge is 2.08. The fourth-order valence-corrected chi connectivity index (χ4v) is 3.23. The minimum absolute atomic E-state index is 0.0797. The molecule has 1 N–H and O–H groups in total. The Morgan fingerprint density at radius 1 is 0.759 bits per heavy atom. The predicted octanol–water partition coefficient (Wildman–Crippen LogP) is 5.58. The number of hydrogen-bond acceptors (Lipinski definition) is 2. The zero-order chi connectivity index (χ0) is 20.5. The van der Waals surface area contributed by atoms with Crippen LogP contribution in [-0.2, 0) is 13.0 Å². The molecule has 29 heavy (non-hydrogen) atoms. The van der Waals surface area contributed by atoms with Gasteiger partial charge in [0.15, 0.2) is 5.78 Å². The van der Waals surface area contributed by atoms with Crippen molar-refractivity contribution in [3.05, 3.63) is 107 Å². The monoisotopic (exact) mass is 385 g/mol. The van der Waals surface area contributed by atoms with Gasteiger partial charge in [-0.25, -0.2) is 0 Å². The molecule has 0 atom stereocenters. The molecular weight excluding hydrogens is 358 g/mol. The molecule has 0 aromatic heterocycles. The molecule has 3 aromatic rings. The van der Waals surface area contributed by atoms with Gasteiger partial charge in [-0.15, -0.1) is 0 Å². The van der Waals surface area contributed by atoms with Gasteiger partial charge in [0.05, 0.1) is 0 Å². The SMILES string of the molecule is CCCCC(=O)c1cccc(Cc2ccc(C(=O)NCc3ccccc3)cc2)c1. The minimum atomic E-state index is -0.0797. The first kappa shape index (κ1) is 20.5. The van der Waals surface area contributed by atoms with E-state index in [-0.39, 0.29) is 11.7 Å². The van der Waals surface area contributed by atoms with E-state index in [9.17, 15) is 9.59 Å². The van der Waals surface area contributed by atoms with Gasteiger partial charge in [0, 0.05) is 24.1 Å². The summed E-state index contributed by atoms with van der Waals surface area (Å²) >= 11 is 0. The number of benzene rings is 3. The van der Waals surface area contributed by atoms with Crippen LogP contribution < -0.4 is 5.32 Å². The fourth-order valence-electron chi connectivity index (χ4n) is 3.23. The Labute approximate surface area is 172 Å². The standard InChI is InChI=1S/C26H27NO2/c1-2-3-12-25(28)24-11-7-10-22(18-24)17-20-13-15-23(16-14-20)26(29)27-19-21-8-5-4-6-9-21/h4-11,13-16,18H,2-3,12,17,19H2,1H3,(H,27,29). The number of Topliss-reactive ketones (excluding diaryl/α,β-unsaturated/α-hetero) is 1. The molecule has 0 aliphatic carbocycles. The third kappa shape index (κ3) is 6.15. The Bertz CT molecular complexity index is 946. The van der Waals surface area contributed by atoms with Crippen molar-refractivity contribution >= 4 is 11.7 Å². The number of amides is 1. The third-order valence-electron chi connectivity index (χ3n) is 4.93. The van der Waals surface area contributed by atoms with E-state index in [2.05, 4.69) is 12.2 Å². The lowest BCUT2D eigenvalue weighted by atomic mass is 9.99. The van der Waals surface area contributed by atoms with E-state index in [0.717, 1.165) is 41.5 Å². The van der Waals surface area contributed by atoms with Crippen molar-refractivity contribution in [1.29, 1.82) is 0 Å². The van der Waals surface area contributed by atoms with E-state index in [4.69, 9.17) is 0 Å². The second-order valence-corrected chi connectivity index (χ2v) is 7.27. The highest BCUT2D eigenvalue weighted by molar-refractivity contribution is 5.96. The molecule has 3 rings (SSSR count). The summed E-state index contributed by atoms with van der Waals surface area (Å²) in [5.41, 5.74) is 4.73. The van der Waals surface area contributed by atoms with E-state index in [0.29, 0.717) is 18.5 Å². The second-order valence-electron chi connectivity index (χ2n) is 7.27. The lowest BCUT2D eigenvalue weighted by Gasteiger charge is -2.08. The molecule has 0 bridgehead atoms. The Balaban J connectivity index is 1.59. The van der Waals surface area contributed by atoms with Crippen molar-refractivity contribution in [2.45, 2.75) is 39.2 Å². The van der Waals surface area contributed by atoms with Crippen LogP contribution in [-0.4, -0.2) is 11.7 Å². The van der Waals surface area contributed by atoms with Crippen LogP contribution in [0.3, 0.4) is 0 Å². The molecule has 0 saturated carbocycles. The van der Waals surface area contributed by atoms with Gasteiger partial charge in [-0.2, -0.15) is 0 Å². The van der Waals surface area contributed by atoms with Crippen molar-refractivity contribution in [2.24, 2.45) is 0 Å². The number of carbonyl (C=O) groups is 2. The highest BCUT2D eigenvalue weighted by atomic mass is 16.1. The summed E-state index contributed by atoms with van der Waals surface area (Å²) in [6.45, 7) is 2.61. The van der Waals surface area contributed by atoms with Gasteiger partial charge in [-0.1, -0.05) is 74.0 Å². The lowest BCUT2D eigenvalue weighted by molar-refractivity contribution is 0.0949. The zero-order valence-corrected chi connectivity index (χ0v) is 16.9. The van der Waals surface area contributed by atoms with Crippen molar-refractivity contribution in [3.8, 4) is 0 Å². The number of rotatable bonds is 9. The molecule has 1 amide bonds. The number of ketones is 1. The van der Waals surface area contributed by atoms with Crippen LogP contribution in [0.5, 0.6) is 0 Å². The number of nitrogens with one attached hydrogen (secondary N) is 1. The van der Waals surface area contributed by atoms with E-state index >= 15 is 0 Å². The molecule has 0 aliphatic heterocycles. The topological polar surface area (TPSA) is 46.2 Å². The van der Waals surface area contributed by atoms with Gasteiger partial charge in [-0.3, -0.25) is 9.59 Å². The Morgan fingerprint density at radius 2 is 1.48 bits per heavy atom. The number of carbonyl (C=O) groups excluding carboxylic acids is 2. The number of unbranched alkanes of at least 4 members (excludes halogenated alkanes) is 1. The summed E-state index contributed by atoms with van der Waals surface area (Å²) in [6, 6.07) is 25.4. The summed E-state index contributed by atoms with van der Waals surface area (Å²) < 4.78 is 0. The first-order chi connectivity index (χ1) is 14.2. The average Bonchev–Trinajstić information content (AvgIpc) is 2.77. The maximum Gasteiger partial charge on any atom is 0.251 e. The van der Waals surface area contributed by atoms with Crippen LogP contribution in [0.1, 0.15) is 63.6 Å². The van der Waals surface area contributed by atoms with Crippen molar-refractivity contribution < 1.29 is 9.59 Å². The molecule has 0 fully saturated rings. The van der Waals surface area contributed by atoms with Crippen LogP contribution in [0.15, 0.2) is 78.9 Å². The van der Waals surface area contributed by atoms with Crippen molar-refractivity contribution in [1.82, 2.24) is 5.32 Å². The van der Waals surface area contributed by atoms with E-state index in [1.165, 1.54) is 0 Å². The molecule has 3 aromatic carbocycles. The zero-order valence-electron chi connectivity index (χ0n) is 16.9. The van der Waals surface area contributed by atoms with Crippen LogP contribution >= 0.6 is 0 Å². The molecule has 0 heterocycles. The fraction of sp³-hybridized carbons (Fsp3) is 0.231. The van der Waals surface area contributed by atoms with Crippen LogP contribution in [0.25, 0.3) is 0 Å². The summed E-state index contributed by atoms with van der Waals surface area (Å²) in [5, 5.41) is 2.94. The molecule has 148 valence electrons. The van der Waals surface area contributed by atoms with Gasteiger partial charge in [0.1, 0.15) is 0 Å². The summed E-state index contributed by atoms with van der Waals surface area (Å²) in [6.07, 6.45) is 3.29. The molecular formula is C26H27NO2. The molecule has 3 nitrogen and oxygen atoms in total. The van der Waals surface area contributed by atoms with Crippen LogP contribution in [0.4, 0.5) is 0 Å². The van der Waals surface area contributed by atoms with Crippen molar-refractivity contribution in [3.63, 3.8) is 0 Å². The van der Waals surface area contributed by atoms with Crippen LogP contribution in [0, 0.1) is 0 Å². The molecule has 0 saturated heterocycles. The van der Waals surface area contributed by atoms with E-state index in [1.54, 1.807) is 0 Å². The summed E-state index contributed by atoms with van der Waals surface area (Å²) in [7, 11) is 0. The molecule has 0 spiro atoms. The van der Waals surface area contributed by atoms with Gasteiger partial charge in [0.2, 0.25) is 0 Å².